The maximum atomic E-state index is 11.4. The zero-order chi connectivity index (χ0) is 13.7. The van der Waals surface area contributed by atoms with E-state index in [1.165, 1.54) is 0 Å². The van der Waals surface area contributed by atoms with E-state index in [2.05, 4.69) is 4.74 Å². The van der Waals surface area contributed by atoms with Crippen molar-refractivity contribution >= 4 is 11.7 Å². The van der Waals surface area contributed by atoms with Gasteiger partial charge in [0, 0.05) is 25.3 Å². The number of hydrogen-bond donors (Lipinski definition) is 2. The average molecular weight is 253 g/mol. The van der Waals surface area contributed by atoms with E-state index in [9.17, 15) is 15.0 Å². The van der Waals surface area contributed by atoms with Crippen molar-refractivity contribution < 1.29 is 19.7 Å². The van der Waals surface area contributed by atoms with Gasteiger partial charge in [-0.1, -0.05) is 18.2 Å². The minimum absolute atomic E-state index is 0.165. The highest BCUT2D eigenvalue weighted by atomic mass is 16.5. The molecule has 0 heterocycles. The Morgan fingerprint density at radius 2 is 1.94 bits per heavy atom. The molecule has 0 saturated heterocycles. The number of aliphatic hydroxyl groups excluding tert-OH is 2. The Balaban J connectivity index is 2.96. The predicted molar refractivity (Wildman–Crippen MR) is 68.4 cm³/mol. The van der Waals surface area contributed by atoms with E-state index in [1.807, 2.05) is 20.2 Å². The van der Waals surface area contributed by atoms with Crippen LogP contribution in [-0.4, -0.2) is 43.0 Å². The van der Waals surface area contributed by atoms with Gasteiger partial charge >= 0.3 is 5.97 Å². The fourth-order valence-electron chi connectivity index (χ4n) is 1.67. The summed E-state index contributed by atoms with van der Waals surface area (Å²) in [6.45, 7) is 1.81. The molecule has 0 saturated carbocycles. The topological polar surface area (TPSA) is 70.0 Å². The smallest absolute Gasteiger partial charge is 0.338 e. The second-order valence-electron chi connectivity index (χ2n) is 4.09. The number of esters is 1. The van der Waals surface area contributed by atoms with Crippen LogP contribution < -0.4 is 4.90 Å². The Labute approximate surface area is 107 Å². The Kier molecular flexibility index (Phi) is 5.12. The van der Waals surface area contributed by atoms with Crippen molar-refractivity contribution in [3.05, 3.63) is 29.8 Å². The van der Waals surface area contributed by atoms with Crippen LogP contribution in [0.3, 0.4) is 0 Å². The van der Waals surface area contributed by atoms with Gasteiger partial charge < -0.3 is 19.8 Å². The second-order valence-corrected chi connectivity index (χ2v) is 4.09. The zero-order valence-electron chi connectivity index (χ0n) is 10.8. The lowest BCUT2D eigenvalue weighted by Gasteiger charge is -2.23. The molecule has 1 rings (SSSR count). The van der Waals surface area contributed by atoms with Crippen LogP contribution in [0, 0.1) is 0 Å². The summed E-state index contributed by atoms with van der Waals surface area (Å²) in [5.41, 5.74) is 1.23. The molecule has 2 N–H and O–H groups in total. The van der Waals surface area contributed by atoms with Gasteiger partial charge in [0.15, 0.2) is 6.10 Å². The van der Waals surface area contributed by atoms with Gasteiger partial charge in [-0.05, 0) is 13.0 Å². The molecule has 0 aliphatic carbocycles. The Bertz CT molecular complexity index is 406. The Hall–Kier alpha value is -1.59. The normalized spacial score (nSPS) is 13.8. The lowest BCUT2D eigenvalue weighted by molar-refractivity contribution is -0.159. The van der Waals surface area contributed by atoms with Gasteiger partial charge in [-0.2, -0.15) is 0 Å². The molecule has 0 amide bonds. The van der Waals surface area contributed by atoms with E-state index in [-0.39, 0.29) is 6.61 Å². The summed E-state index contributed by atoms with van der Waals surface area (Å²) >= 11 is 0. The van der Waals surface area contributed by atoms with Crippen molar-refractivity contribution in [2.24, 2.45) is 0 Å². The van der Waals surface area contributed by atoms with E-state index in [0.717, 1.165) is 5.69 Å². The third-order valence-corrected chi connectivity index (χ3v) is 2.56. The van der Waals surface area contributed by atoms with Crippen LogP contribution in [0.25, 0.3) is 0 Å². The Morgan fingerprint density at radius 3 is 2.50 bits per heavy atom. The van der Waals surface area contributed by atoms with Crippen LogP contribution >= 0.6 is 0 Å². The number of nitrogens with zero attached hydrogens (tertiary/aromatic N) is 1. The summed E-state index contributed by atoms with van der Waals surface area (Å²) in [7, 11) is 3.64. The van der Waals surface area contributed by atoms with Crippen LogP contribution in [0.5, 0.6) is 0 Å². The number of para-hydroxylation sites is 1. The standard InChI is InChI=1S/C13H19NO4/c1-4-18-13(17)12(16)11(15)9-7-5-6-8-10(9)14(2)3/h5-8,11-12,15-16H,4H2,1-3H3. The second kappa shape index (κ2) is 6.37. The first-order valence-corrected chi connectivity index (χ1v) is 5.78. The zero-order valence-corrected chi connectivity index (χ0v) is 10.8. The van der Waals surface area contributed by atoms with Crippen molar-refractivity contribution in [2.75, 3.05) is 25.6 Å². The molecule has 0 aliphatic rings. The van der Waals surface area contributed by atoms with E-state index >= 15 is 0 Å². The third kappa shape index (κ3) is 3.21. The number of anilines is 1. The number of ether oxygens (including phenoxy) is 1. The summed E-state index contributed by atoms with van der Waals surface area (Å²) in [5.74, 6) is -0.821. The van der Waals surface area contributed by atoms with Crippen molar-refractivity contribution in [1.29, 1.82) is 0 Å². The number of hydrogen-bond acceptors (Lipinski definition) is 5. The highest BCUT2D eigenvalue weighted by molar-refractivity contribution is 5.76. The van der Waals surface area contributed by atoms with Gasteiger partial charge in [0.2, 0.25) is 0 Å². The average Bonchev–Trinajstić information content (AvgIpc) is 2.37. The van der Waals surface area contributed by atoms with E-state index in [0.29, 0.717) is 5.56 Å². The van der Waals surface area contributed by atoms with Crippen LogP contribution in [0.1, 0.15) is 18.6 Å². The van der Waals surface area contributed by atoms with E-state index in [1.54, 1.807) is 30.0 Å². The SMILES string of the molecule is CCOC(=O)C(O)C(O)c1ccccc1N(C)C. The Morgan fingerprint density at radius 1 is 1.33 bits per heavy atom. The first-order chi connectivity index (χ1) is 8.49. The molecule has 0 spiro atoms. The van der Waals surface area contributed by atoms with Crippen LogP contribution in [0.2, 0.25) is 0 Å². The van der Waals surface area contributed by atoms with E-state index in [4.69, 9.17) is 0 Å². The molecule has 1 aromatic rings. The quantitative estimate of drug-likeness (QED) is 0.756. The van der Waals surface area contributed by atoms with Crippen LogP contribution in [0.4, 0.5) is 5.69 Å². The summed E-state index contributed by atoms with van der Waals surface area (Å²) in [4.78, 5) is 13.2. The molecular weight excluding hydrogens is 234 g/mol. The fourth-order valence-corrected chi connectivity index (χ4v) is 1.67. The number of rotatable bonds is 5. The van der Waals surface area contributed by atoms with Crippen LogP contribution in [-0.2, 0) is 9.53 Å². The monoisotopic (exact) mass is 253 g/mol. The van der Waals surface area contributed by atoms with Crippen molar-refractivity contribution in [3.8, 4) is 0 Å². The minimum Gasteiger partial charge on any atom is -0.464 e. The van der Waals surface area contributed by atoms with Crippen molar-refractivity contribution in [2.45, 2.75) is 19.1 Å². The predicted octanol–water partition coefficient (Wildman–Crippen LogP) is 0.710. The lowest BCUT2D eigenvalue weighted by Crippen LogP contribution is -2.30. The molecule has 5 nitrogen and oxygen atoms in total. The van der Waals surface area contributed by atoms with Gasteiger partial charge in [-0.3, -0.25) is 0 Å². The summed E-state index contributed by atoms with van der Waals surface area (Å²) in [5, 5.41) is 19.8. The lowest BCUT2D eigenvalue weighted by atomic mass is 10.0. The first-order valence-electron chi connectivity index (χ1n) is 5.78. The van der Waals surface area contributed by atoms with E-state index < -0.39 is 18.2 Å². The number of aliphatic hydroxyl groups is 2. The number of carbonyl (C=O) groups excluding carboxylic acids is 1. The molecule has 2 atom stereocenters. The third-order valence-electron chi connectivity index (χ3n) is 2.56. The van der Waals surface area contributed by atoms with Gasteiger partial charge in [0.05, 0.1) is 6.61 Å². The largest absolute Gasteiger partial charge is 0.464 e. The van der Waals surface area contributed by atoms with Gasteiger partial charge in [0.1, 0.15) is 6.10 Å². The molecule has 2 unspecified atom stereocenters. The molecule has 100 valence electrons. The number of carbonyl (C=O) groups is 1. The molecule has 0 aromatic heterocycles. The van der Waals surface area contributed by atoms with Crippen molar-refractivity contribution in [1.82, 2.24) is 0 Å². The van der Waals surface area contributed by atoms with Crippen LogP contribution in [0.15, 0.2) is 24.3 Å². The summed E-state index contributed by atoms with van der Waals surface area (Å²) in [6.07, 6.45) is -2.88. The summed E-state index contributed by atoms with van der Waals surface area (Å²) in [6, 6.07) is 7.03. The number of benzene rings is 1. The fraction of sp³-hybridized carbons (Fsp3) is 0.462. The van der Waals surface area contributed by atoms with Gasteiger partial charge in [0.25, 0.3) is 0 Å². The molecule has 0 radical (unpaired) electrons. The molecular formula is C13H19NO4. The maximum Gasteiger partial charge on any atom is 0.338 e. The molecule has 0 fully saturated rings. The van der Waals surface area contributed by atoms with Gasteiger partial charge in [-0.15, -0.1) is 0 Å². The van der Waals surface area contributed by atoms with Crippen molar-refractivity contribution in [3.63, 3.8) is 0 Å². The molecule has 1 aromatic carbocycles. The molecule has 0 aliphatic heterocycles. The minimum atomic E-state index is -1.58. The summed E-state index contributed by atoms with van der Waals surface area (Å²) < 4.78 is 4.68. The highest BCUT2D eigenvalue weighted by Gasteiger charge is 2.28. The maximum absolute atomic E-state index is 11.4. The first kappa shape index (κ1) is 14.5. The van der Waals surface area contributed by atoms with Gasteiger partial charge in [-0.25, -0.2) is 4.79 Å². The molecule has 0 bridgehead atoms. The molecule has 18 heavy (non-hydrogen) atoms. The highest BCUT2D eigenvalue weighted by Crippen LogP contribution is 2.27. The molecule has 5 heteroatoms.